The largest absolute Gasteiger partial charge is 0.337 e. The molecule has 22 heavy (non-hydrogen) atoms. The molecule has 2 aromatic rings. The third kappa shape index (κ3) is 3.37. The summed E-state index contributed by atoms with van der Waals surface area (Å²) in [4.78, 5) is 21.1. The van der Waals surface area contributed by atoms with Gasteiger partial charge in [0, 0.05) is 17.3 Å². The van der Waals surface area contributed by atoms with Crippen molar-refractivity contribution < 1.29 is 13.2 Å². The van der Waals surface area contributed by atoms with Crippen molar-refractivity contribution in [2.24, 2.45) is 0 Å². The summed E-state index contributed by atoms with van der Waals surface area (Å²) in [6, 6.07) is 5.46. The van der Waals surface area contributed by atoms with Gasteiger partial charge in [0.05, 0.1) is 18.4 Å². The molecule has 2 heterocycles. The van der Waals surface area contributed by atoms with E-state index in [1.807, 2.05) is 16.9 Å². The van der Waals surface area contributed by atoms with E-state index in [0.717, 1.165) is 21.9 Å². The number of carbonyl (C=O) groups is 1. The van der Waals surface area contributed by atoms with Gasteiger partial charge in [-0.2, -0.15) is 0 Å². The number of rotatable bonds is 3. The summed E-state index contributed by atoms with van der Waals surface area (Å²) in [6.07, 6.45) is 4.16. The molecule has 1 aromatic carbocycles. The van der Waals surface area contributed by atoms with Crippen LogP contribution >= 0.6 is 11.8 Å². The molecule has 0 aliphatic carbocycles. The molecule has 0 spiro atoms. The molecule has 0 bridgehead atoms. The number of aromatic nitrogens is 2. The highest BCUT2D eigenvalue weighted by atomic mass is 32.2. The fourth-order valence-corrected chi connectivity index (χ4v) is 3.38. The Morgan fingerprint density at radius 3 is 2.86 bits per heavy atom. The van der Waals surface area contributed by atoms with Gasteiger partial charge in [-0.1, -0.05) is 17.8 Å². The van der Waals surface area contributed by atoms with E-state index in [-0.39, 0.29) is 6.42 Å². The Hall–Kier alpha value is -2.13. The smallest absolute Gasteiger partial charge is 0.237 e. The normalized spacial score (nSPS) is 12.8. The lowest BCUT2D eigenvalue weighted by molar-refractivity contribution is -0.118. The fourth-order valence-electron chi connectivity index (χ4n) is 2.02. The van der Waals surface area contributed by atoms with Crippen molar-refractivity contribution in [3.05, 3.63) is 36.2 Å². The molecule has 114 valence electrons. The maximum Gasteiger partial charge on any atom is 0.237 e. The van der Waals surface area contributed by atoms with Crippen LogP contribution in [0.1, 0.15) is 5.56 Å². The van der Waals surface area contributed by atoms with E-state index in [4.69, 9.17) is 0 Å². The number of carbonyl (C=O) groups excluding carboxylic acids is 1. The van der Waals surface area contributed by atoms with Crippen LogP contribution in [-0.4, -0.2) is 30.5 Å². The molecular weight excluding hydrogens is 324 g/mol. The molecule has 0 radical (unpaired) electrons. The molecule has 1 amide bonds. The molecule has 3 rings (SSSR count). The van der Waals surface area contributed by atoms with E-state index >= 15 is 0 Å². The Morgan fingerprint density at radius 1 is 1.32 bits per heavy atom. The van der Waals surface area contributed by atoms with E-state index in [1.54, 1.807) is 18.5 Å². The minimum atomic E-state index is -3.54. The monoisotopic (exact) mass is 336 g/mol. The lowest BCUT2D eigenvalue weighted by Gasteiger charge is -2.19. The summed E-state index contributed by atoms with van der Waals surface area (Å²) in [5.74, 6) is 0.101. The van der Waals surface area contributed by atoms with Crippen LogP contribution in [0, 0.1) is 0 Å². The summed E-state index contributed by atoms with van der Waals surface area (Å²) in [5.41, 5.74) is 1.53. The number of benzene rings is 1. The third-order valence-corrected chi connectivity index (χ3v) is 4.50. The van der Waals surface area contributed by atoms with Crippen LogP contribution in [0.4, 0.5) is 11.5 Å². The molecule has 9 heteroatoms. The van der Waals surface area contributed by atoms with Gasteiger partial charge in [-0.25, -0.2) is 18.4 Å². The molecule has 1 aromatic heterocycles. The van der Waals surface area contributed by atoms with Gasteiger partial charge < -0.3 is 5.32 Å². The predicted molar refractivity (Wildman–Crippen MR) is 82.6 cm³/mol. The van der Waals surface area contributed by atoms with Crippen molar-refractivity contribution >= 4 is 39.2 Å². The zero-order valence-corrected chi connectivity index (χ0v) is 13.2. The number of nitrogens with one attached hydrogen (secondary N) is 2. The fraction of sp³-hybridized carbons (Fsp3) is 0.154. The minimum absolute atomic E-state index is 0.0139. The Bertz CT molecular complexity index is 852. The van der Waals surface area contributed by atoms with Crippen LogP contribution in [0.2, 0.25) is 0 Å². The second-order valence-electron chi connectivity index (χ2n) is 4.74. The quantitative estimate of drug-likeness (QED) is 0.743. The van der Waals surface area contributed by atoms with E-state index in [0.29, 0.717) is 11.4 Å². The average Bonchev–Trinajstić information content (AvgIpc) is 2.43. The number of nitrogens with zero attached hydrogens (tertiary/aromatic N) is 2. The highest BCUT2D eigenvalue weighted by Crippen LogP contribution is 2.41. The summed E-state index contributed by atoms with van der Waals surface area (Å²) in [6.45, 7) is 0. The SMILES string of the molecule is CS(=O)(=O)NC(=O)Cc1ccc2c(c1)Nc1nccnc1S2. The maximum atomic E-state index is 11.7. The van der Waals surface area contributed by atoms with Crippen molar-refractivity contribution in [3.8, 4) is 0 Å². The summed E-state index contributed by atoms with van der Waals surface area (Å²) in [5, 5.41) is 3.95. The van der Waals surface area contributed by atoms with Gasteiger partial charge >= 0.3 is 0 Å². The van der Waals surface area contributed by atoms with E-state index in [9.17, 15) is 13.2 Å². The highest BCUT2D eigenvalue weighted by molar-refractivity contribution is 7.99. The van der Waals surface area contributed by atoms with E-state index in [2.05, 4.69) is 15.3 Å². The van der Waals surface area contributed by atoms with Crippen molar-refractivity contribution in [2.45, 2.75) is 16.3 Å². The number of sulfonamides is 1. The lowest BCUT2D eigenvalue weighted by atomic mass is 10.1. The van der Waals surface area contributed by atoms with Crippen LogP contribution in [0.3, 0.4) is 0 Å². The molecular formula is C13H12N4O3S2. The first kappa shape index (κ1) is 14.8. The van der Waals surface area contributed by atoms with E-state index in [1.165, 1.54) is 11.8 Å². The van der Waals surface area contributed by atoms with Crippen LogP contribution < -0.4 is 10.0 Å². The van der Waals surface area contributed by atoms with Gasteiger partial charge in [0.15, 0.2) is 5.82 Å². The molecule has 0 fully saturated rings. The Kier molecular flexibility index (Phi) is 3.75. The molecule has 1 aliphatic heterocycles. The first-order valence-electron chi connectivity index (χ1n) is 6.30. The van der Waals surface area contributed by atoms with Crippen molar-refractivity contribution in [1.82, 2.24) is 14.7 Å². The second-order valence-corrected chi connectivity index (χ2v) is 7.52. The Balaban J connectivity index is 1.80. The van der Waals surface area contributed by atoms with Gasteiger partial charge in [0.2, 0.25) is 15.9 Å². The number of amides is 1. The van der Waals surface area contributed by atoms with Gasteiger partial charge in [-0.3, -0.25) is 9.52 Å². The van der Waals surface area contributed by atoms with Gasteiger partial charge in [-0.15, -0.1) is 0 Å². The van der Waals surface area contributed by atoms with Crippen LogP contribution in [-0.2, 0) is 21.2 Å². The molecule has 0 saturated carbocycles. The van der Waals surface area contributed by atoms with Gasteiger partial charge in [0.25, 0.3) is 0 Å². The van der Waals surface area contributed by atoms with Crippen molar-refractivity contribution in [1.29, 1.82) is 0 Å². The van der Waals surface area contributed by atoms with E-state index < -0.39 is 15.9 Å². The standard InChI is InChI=1S/C13H12N4O3S2/c1-22(19,20)17-11(18)7-8-2-3-10-9(6-8)16-12-13(21-10)15-5-4-14-12/h2-6H,7H2,1H3,(H,14,16)(H,17,18). The van der Waals surface area contributed by atoms with Gasteiger partial charge in [0.1, 0.15) is 5.03 Å². The van der Waals surface area contributed by atoms with Gasteiger partial charge in [-0.05, 0) is 17.7 Å². The van der Waals surface area contributed by atoms with Crippen molar-refractivity contribution in [2.75, 3.05) is 11.6 Å². The van der Waals surface area contributed by atoms with Crippen molar-refractivity contribution in [3.63, 3.8) is 0 Å². The highest BCUT2D eigenvalue weighted by Gasteiger charge is 2.18. The topological polar surface area (TPSA) is 101 Å². The predicted octanol–water partition coefficient (Wildman–Crippen LogP) is 1.30. The molecule has 1 aliphatic rings. The molecule has 2 N–H and O–H groups in total. The second kappa shape index (κ2) is 5.58. The first-order valence-corrected chi connectivity index (χ1v) is 9.01. The molecule has 0 unspecified atom stereocenters. The first-order chi connectivity index (χ1) is 10.4. The third-order valence-electron chi connectivity index (χ3n) is 2.83. The van der Waals surface area contributed by atoms with Crippen LogP contribution in [0.15, 0.2) is 40.5 Å². The lowest BCUT2D eigenvalue weighted by Crippen LogP contribution is -2.30. The average molecular weight is 336 g/mol. The number of fused-ring (bicyclic) bond motifs is 2. The number of hydrogen-bond acceptors (Lipinski definition) is 7. The number of hydrogen-bond donors (Lipinski definition) is 2. The zero-order valence-electron chi connectivity index (χ0n) is 11.5. The number of anilines is 2. The van der Waals surface area contributed by atoms with Crippen LogP contribution in [0.5, 0.6) is 0 Å². The Morgan fingerprint density at radius 2 is 2.09 bits per heavy atom. The molecule has 0 saturated heterocycles. The summed E-state index contributed by atoms with van der Waals surface area (Å²) in [7, 11) is -3.54. The maximum absolute atomic E-state index is 11.7. The molecule has 0 atom stereocenters. The molecule has 7 nitrogen and oxygen atoms in total. The minimum Gasteiger partial charge on any atom is -0.337 e. The zero-order chi connectivity index (χ0) is 15.7. The summed E-state index contributed by atoms with van der Waals surface area (Å²) >= 11 is 1.49. The van der Waals surface area contributed by atoms with Crippen LogP contribution in [0.25, 0.3) is 0 Å². The Labute approximate surface area is 131 Å². The summed E-state index contributed by atoms with van der Waals surface area (Å²) < 4.78 is 24.0.